The maximum atomic E-state index is 8.38. The minimum atomic E-state index is 0.723. The number of hydrogen-bond acceptors (Lipinski definition) is 2. The van der Waals surface area contributed by atoms with E-state index in [0.29, 0.717) is 0 Å². The second-order valence-corrected chi connectivity index (χ2v) is 3.96. The summed E-state index contributed by atoms with van der Waals surface area (Å²) >= 11 is 0. The van der Waals surface area contributed by atoms with E-state index in [4.69, 9.17) is 10.5 Å². The monoisotopic (exact) mass is 282 g/mol. The van der Waals surface area contributed by atoms with Crippen molar-refractivity contribution in [2.24, 2.45) is 0 Å². The molecule has 0 fully saturated rings. The molecule has 0 aliphatic rings. The van der Waals surface area contributed by atoms with Crippen LogP contribution in [0.15, 0.2) is 48.5 Å². The Morgan fingerprint density at radius 1 is 0.650 bits per heavy atom. The van der Waals surface area contributed by atoms with Crippen molar-refractivity contribution in [3.05, 3.63) is 70.8 Å². The summed E-state index contributed by atoms with van der Waals surface area (Å²) in [5, 5.41) is 16.8. The molecule has 0 amide bonds. The average Bonchev–Trinajstić information content (AvgIpc) is 2.51. The number of benzene rings is 2. The lowest BCUT2D eigenvalue weighted by Gasteiger charge is -1.88. The Hall–Kier alpha value is -2.15. The third kappa shape index (κ3) is 7.32. The standard InChI is InChI=1S/2C8H7N.CH5P/c2*1-7-2-4-8(6-9)5-3-7;1-2/h2*2-5H,1H3;2H2,1H3. The molecule has 2 nitrogen and oxygen atoms in total. The van der Waals surface area contributed by atoms with Crippen LogP contribution in [0.5, 0.6) is 0 Å². The van der Waals surface area contributed by atoms with E-state index in [1.165, 1.54) is 11.1 Å². The Labute approximate surface area is 123 Å². The first-order chi connectivity index (χ1) is 9.65. The molecule has 102 valence electrons. The van der Waals surface area contributed by atoms with Crippen molar-refractivity contribution in [1.29, 1.82) is 10.5 Å². The van der Waals surface area contributed by atoms with Gasteiger partial charge in [0, 0.05) is 0 Å². The minimum absolute atomic E-state index is 0.723. The number of nitrogens with zero attached hydrogens (tertiary/aromatic N) is 2. The molecule has 1 atom stereocenters. The fourth-order valence-electron chi connectivity index (χ4n) is 1.26. The van der Waals surface area contributed by atoms with E-state index in [1.54, 1.807) is 0 Å². The van der Waals surface area contributed by atoms with Gasteiger partial charge in [-0.3, -0.25) is 0 Å². The first-order valence-electron chi connectivity index (χ1n) is 6.17. The van der Waals surface area contributed by atoms with Crippen molar-refractivity contribution in [1.82, 2.24) is 0 Å². The van der Waals surface area contributed by atoms with Crippen LogP contribution in [0.2, 0.25) is 0 Å². The van der Waals surface area contributed by atoms with Gasteiger partial charge in [-0.1, -0.05) is 42.1 Å². The highest BCUT2D eigenvalue weighted by atomic mass is 31.0. The molecule has 0 N–H and O–H groups in total. The fraction of sp³-hybridized carbons (Fsp3) is 0.176. The van der Waals surface area contributed by atoms with Crippen molar-refractivity contribution < 1.29 is 0 Å². The predicted octanol–water partition coefficient (Wildman–Crippen LogP) is 4.22. The summed E-state index contributed by atoms with van der Waals surface area (Å²) in [6.07, 6.45) is 0. The number of aryl methyl sites for hydroxylation is 2. The van der Waals surface area contributed by atoms with Crippen LogP contribution in [-0.2, 0) is 0 Å². The van der Waals surface area contributed by atoms with E-state index in [-0.39, 0.29) is 0 Å². The van der Waals surface area contributed by atoms with Crippen molar-refractivity contribution in [2.75, 3.05) is 6.66 Å². The summed E-state index contributed by atoms with van der Waals surface area (Å²) in [4.78, 5) is 0. The third-order valence-electron chi connectivity index (χ3n) is 2.36. The summed E-state index contributed by atoms with van der Waals surface area (Å²) in [6, 6.07) is 19.1. The lowest BCUT2D eigenvalue weighted by atomic mass is 10.2. The first-order valence-corrected chi connectivity index (χ1v) is 7.32. The third-order valence-corrected chi connectivity index (χ3v) is 2.36. The van der Waals surface area contributed by atoms with E-state index in [9.17, 15) is 0 Å². The maximum absolute atomic E-state index is 8.38. The molecule has 0 heterocycles. The van der Waals surface area contributed by atoms with Gasteiger partial charge in [0.2, 0.25) is 0 Å². The van der Waals surface area contributed by atoms with Crippen molar-refractivity contribution in [3.63, 3.8) is 0 Å². The smallest absolute Gasteiger partial charge is 0.0991 e. The van der Waals surface area contributed by atoms with Crippen LogP contribution < -0.4 is 0 Å². The van der Waals surface area contributed by atoms with Crippen LogP contribution in [0.25, 0.3) is 0 Å². The second kappa shape index (κ2) is 10.7. The largest absolute Gasteiger partial charge is 0.192 e. The van der Waals surface area contributed by atoms with Gasteiger partial charge in [0.25, 0.3) is 0 Å². The molecule has 0 aliphatic heterocycles. The molecule has 2 aromatic rings. The highest BCUT2D eigenvalue weighted by molar-refractivity contribution is 7.15. The van der Waals surface area contributed by atoms with Crippen LogP contribution in [0, 0.1) is 36.5 Å². The van der Waals surface area contributed by atoms with E-state index in [0.717, 1.165) is 11.1 Å². The number of nitriles is 2. The molecule has 0 bridgehead atoms. The van der Waals surface area contributed by atoms with Gasteiger partial charge < -0.3 is 0 Å². The van der Waals surface area contributed by atoms with Gasteiger partial charge in [-0.15, -0.1) is 9.24 Å². The molecule has 0 spiro atoms. The summed E-state index contributed by atoms with van der Waals surface area (Å²) in [5.74, 6) is 0. The molecule has 0 aromatic heterocycles. The van der Waals surface area contributed by atoms with Gasteiger partial charge in [0.15, 0.2) is 0 Å². The fourth-order valence-corrected chi connectivity index (χ4v) is 1.26. The Morgan fingerprint density at radius 3 is 1.10 bits per heavy atom. The topological polar surface area (TPSA) is 47.6 Å². The Morgan fingerprint density at radius 2 is 0.900 bits per heavy atom. The van der Waals surface area contributed by atoms with Crippen LogP contribution in [0.4, 0.5) is 0 Å². The molecule has 3 heteroatoms. The highest BCUT2D eigenvalue weighted by Crippen LogP contribution is 2.00. The molecule has 20 heavy (non-hydrogen) atoms. The predicted molar refractivity (Wildman–Crippen MR) is 87.4 cm³/mol. The van der Waals surface area contributed by atoms with E-state index < -0.39 is 0 Å². The number of rotatable bonds is 0. The van der Waals surface area contributed by atoms with Crippen molar-refractivity contribution in [3.8, 4) is 12.1 Å². The van der Waals surface area contributed by atoms with Crippen LogP contribution >= 0.6 is 9.24 Å². The Bertz CT molecular complexity index is 517. The van der Waals surface area contributed by atoms with Gasteiger partial charge >= 0.3 is 0 Å². The highest BCUT2D eigenvalue weighted by Gasteiger charge is 1.85. The summed E-state index contributed by atoms with van der Waals surface area (Å²) in [6.45, 7) is 5.92. The van der Waals surface area contributed by atoms with Gasteiger partial charge in [0.05, 0.1) is 23.3 Å². The number of hydrogen-bond donors (Lipinski definition) is 0. The quantitative estimate of drug-likeness (QED) is 0.679. The molecular weight excluding hydrogens is 263 g/mol. The van der Waals surface area contributed by atoms with Gasteiger partial charge in [0.1, 0.15) is 0 Å². The molecule has 0 saturated heterocycles. The molecule has 1 unspecified atom stereocenters. The minimum Gasteiger partial charge on any atom is -0.192 e. The lowest BCUT2D eigenvalue weighted by molar-refractivity contribution is 1.43. The zero-order valence-electron chi connectivity index (χ0n) is 12.1. The van der Waals surface area contributed by atoms with Gasteiger partial charge in [-0.05, 0) is 38.1 Å². The average molecular weight is 282 g/mol. The summed E-state index contributed by atoms with van der Waals surface area (Å²) in [7, 11) is 2.42. The summed E-state index contributed by atoms with van der Waals surface area (Å²) < 4.78 is 0. The second-order valence-electron chi connectivity index (χ2n) is 3.96. The maximum Gasteiger partial charge on any atom is 0.0991 e. The molecule has 2 aromatic carbocycles. The first kappa shape index (κ1) is 17.8. The molecule has 0 saturated carbocycles. The lowest BCUT2D eigenvalue weighted by Crippen LogP contribution is -1.72. The summed E-state index contributed by atoms with van der Waals surface area (Å²) in [5.41, 5.74) is 3.82. The Balaban J connectivity index is 0.000000321. The van der Waals surface area contributed by atoms with E-state index in [1.807, 2.05) is 69.0 Å². The Kier molecular flexibility index (Phi) is 9.59. The zero-order chi connectivity index (χ0) is 15.4. The van der Waals surface area contributed by atoms with Crippen LogP contribution in [-0.4, -0.2) is 6.66 Å². The molecule has 2 rings (SSSR count). The molecule has 0 radical (unpaired) electrons. The zero-order valence-corrected chi connectivity index (χ0v) is 13.2. The van der Waals surface area contributed by atoms with Crippen molar-refractivity contribution >= 4 is 9.24 Å². The molecule has 0 aliphatic carbocycles. The molecular formula is C17H19N2P. The van der Waals surface area contributed by atoms with E-state index in [2.05, 4.69) is 21.4 Å². The van der Waals surface area contributed by atoms with Crippen LogP contribution in [0.3, 0.4) is 0 Å². The SMILES string of the molecule is CP.Cc1ccc(C#N)cc1.Cc1ccc(C#N)cc1. The van der Waals surface area contributed by atoms with Gasteiger partial charge in [-0.25, -0.2) is 0 Å². The van der Waals surface area contributed by atoms with E-state index >= 15 is 0 Å². The normalized spacial score (nSPS) is 7.90. The van der Waals surface area contributed by atoms with Crippen LogP contribution in [0.1, 0.15) is 22.3 Å². The van der Waals surface area contributed by atoms with Gasteiger partial charge in [-0.2, -0.15) is 10.5 Å². The van der Waals surface area contributed by atoms with Crippen molar-refractivity contribution in [2.45, 2.75) is 13.8 Å².